The van der Waals surface area contributed by atoms with E-state index in [-0.39, 0.29) is 17.5 Å². The summed E-state index contributed by atoms with van der Waals surface area (Å²) in [4.78, 5) is 22.7. The number of para-hydroxylation sites is 2. The molecule has 2 aromatic heterocycles. The lowest BCUT2D eigenvalue weighted by atomic mass is 10.1. The van der Waals surface area contributed by atoms with Gasteiger partial charge in [-0.15, -0.1) is 0 Å². The first-order valence-corrected chi connectivity index (χ1v) is 10.7. The molecule has 164 valence electrons. The Hall–Kier alpha value is -4.26. The number of fused-ring (bicyclic) bond motifs is 2. The van der Waals surface area contributed by atoms with Gasteiger partial charge in [0.25, 0.3) is 5.91 Å². The highest BCUT2D eigenvalue weighted by atomic mass is 19.1. The fraction of sp³-hybridized carbons (Fsp3) is 0.115. The van der Waals surface area contributed by atoms with E-state index in [1.807, 2.05) is 54.6 Å². The molecular formula is C26H22FN5O. The number of anilines is 1. The van der Waals surface area contributed by atoms with E-state index in [9.17, 15) is 9.18 Å². The predicted molar refractivity (Wildman–Crippen MR) is 127 cm³/mol. The minimum absolute atomic E-state index is 0.279. The third-order valence-corrected chi connectivity index (χ3v) is 5.61. The van der Waals surface area contributed by atoms with Crippen molar-refractivity contribution in [3.63, 3.8) is 0 Å². The summed E-state index contributed by atoms with van der Waals surface area (Å²) in [5, 5.41) is 2.96. The lowest BCUT2D eigenvalue weighted by Gasteiger charge is -2.09. The van der Waals surface area contributed by atoms with E-state index in [0.717, 1.165) is 11.1 Å². The number of hydrogen-bond acceptors (Lipinski definition) is 4. The smallest absolute Gasteiger partial charge is 0.257 e. The number of aromatic nitrogens is 3. The number of benzene rings is 3. The van der Waals surface area contributed by atoms with E-state index >= 15 is 0 Å². The highest BCUT2D eigenvalue weighted by molar-refractivity contribution is 6.10. The van der Waals surface area contributed by atoms with Crippen molar-refractivity contribution >= 4 is 33.9 Å². The minimum Gasteiger partial charge on any atom is -0.384 e. The maximum atomic E-state index is 13.4. The van der Waals surface area contributed by atoms with Crippen molar-refractivity contribution in [2.75, 3.05) is 12.3 Å². The van der Waals surface area contributed by atoms with E-state index < -0.39 is 0 Å². The normalized spacial score (nSPS) is 11.2. The van der Waals surface area contributed by atoms with Gasteiger partial charge in [0.2, 0.25) is 0 Å². The van der Waals surface area contributed by atoms with Crippen molar-refractivity contribution in [3.05, 3.63) is 101 Å². The largest absolute Gasteiger partial charge is 0.384 e. The number of halogens is 1. The molecule has 0 bridgehead atoms. The minimum atomic E-state index is -0.312. The first-order chi connectivity index (χ1) is 16.1. The van der Waals surface area contributed by atoms with Gasteiger partial charge >= 0.3 is 0 Å². The van der Waals surface area contributed by atoms with Crippen LogP contribution >= 0.6 is 0 Å². The Kier molecular flexibility index (Phi) is 5.44. The van der Waals surface area contributed by atoms with E-state index in [1.165, 1.54) is 12.1 Å². The van der Waals surface area contributed by atoms with Gasteiger partial charge in [0, 0.05) is 6.54 Å². The molecule has 3 N–H and O–H groups in total. The van der Waals surface area contributed by atoms with Gasteiger partial charge in [0.1, 0.15) is 22.7 Å². The summed E-state index contributed by atoms with van der Waals surface area (Å²) in [5.74, 6) is -0.328. The van der Waals surface area contributed by atoms with Crippen LogP contribution in [0.3, 0.4) is 0 Å². The highest BCUT2D eigenvalue weighted by Gasteiger charge is 2.24. The SMILES string of the molecule is Nc1c(C(=O)NCCc2ccccc2)c2nc3ccccc3nc2n1Cc1ccc(F)cc1. The number of nitrogens with two attached hydrogens (primary N) is 1. The first kappa shape index (κ1) is 20.6. The Bertz CT molecular complexity index is 1450. The van der Waals surface area contributed by atoms with Gasteiger partial charge in [0.15, 0.2) is 5.65 Å². The summed E-state index contributed by atoms with van der Waals surface area (Å²) in [7, 11) is 0. The van der Waals surface area contributed by atoms with Crippen molar-refractivity contribution in [1.29, 1.82) is 0 Å². The summed E-state index contributed by atoms with van der Waals surface area (Å²) in [6.07, 6.45) is 0.704. The Morgan fingerprint density at radius 1 is 0.879 bits per heavy atom. The number of rotatable bonds is 6. The molecule has 5 rings (SSSR count). The average molecular weight is 439 g/mol. The van der Waals surface area contributed by atoms with Crippen LogP contribution in [0.1, 0.15) is 21.5 Å². The number of hydrogen-bond donors (Lipinski definition) is 2. The number of nitrogens with one attached hydrogen (secondary N) is 1. The molecule has 5 aromatic rings. The summed E-state index contributed by atoms with van der Waals surface area (Å²) >= 11 is 0. The molecular weight excluding hydrogens is 417 g/mol. The van der Waals surface area contributed by atoms with Crippen LogP contribution in [-0.4, -0.2) is 27.0 Å². The fourth-order valence-electron chi connectivity index (χ4n) is 3.93. The molecule has 0 unspecified atom stereocenters. The number of nitrogens with zero attached hydrogens (tertiary/aromatic N) is 3. The van der Waals surface area contributed by atoms with Crippen molar-refractivity contribution in [2.24, 2.45) is 0 Å². The Labute approximate surface area is 189 Å². The zero-order valence-electron chi connectivity index (χ0n) is 17.8. The second-order valence-electron chi connectivity index (χ2n) is 7.85. The van der Waals surface area contributed by atoms with Crippen LogP contribution in [0.25, 0.3) is 22.2 Å². The quantitative estimate of drug-likeness (QED) is 0.412. The van der Waals surface area contributed by atoms with Crippen LogP contribution in [0.15, 0.2) is 78.9 Å². The highest BCUT2D eigenvalue weighted by Crippen LogP contribution is 2.28. The van der Waals surface area contributed by atoms with Crippen LogP contribution in [-0.2, 0) is 13.0 Å². The van der Waals surface area contributed by atoms with Crippen molar-refractivity contribution in [3.8, 4) is 0 Å². The molecule has 0 spiro atoms. The van der Waals surface area contributed by atoms with Gasteiger partial charge in [0.05, 0.1) is 17.6 Å². The van der Waals surface area contributed by atoms with Gasteiger partial charge in [-0.25, -0.2) is 14.4 Å². The molecule has 0 radical (unpaired) electrons. The molecule has 0 atom stereocenters. The van der Waals surface area contributed by atoms with E-state index in [1.54, 1.807) is 16.7 Å². The molecule has 7 heteroatoms. The predicted octanol–water partition coefficient (Wildman–Crippen LogP) is 4.33. The molecule has 1 amide bonds. The van der Waals surface area contributed by atoms with Crippen LogP contribution in [0.2, 0.25) is 0 Å². The van der Waals surface area contributed by atoms with Crippen LogP contribution in [0, 0.1) is 5.82 Å². The van der Waals surface area contributed by atoms with Crippen LogP contribution in [0.4, 0.5) is 10.2 Å². The maximum Gasteiger partial charge on any atom is 0.257 e. The molecule has 0 saturated heterocycles. The first-order valence-electron chi connectivity index (χ1n) is 10.7. The molecule has 0 aliphatic rings. The summed E-state index contributed by atoms with van der Waals surface area (Å²) in [6.45, 7) is 0.806. The second kappa shape index (κ2) is 8.70. The van der Waals surface area contributed by atoms with Crippen molar-refractivity contribution in [2.45, 2.75) is 13.0 Å². The van der Waals surface area contributed by atoms with Gasteiger partial charge in [-0.05, 0) is 41.8 Å². The van der Waals surface area contributed by atoms with Crippen molar-refractivity contribution < 1.29 is 9.18 Å². The zero-order valence-corrected chi connectivity index (χ0v) is 17.8. The van der Waals surface area contributed by atoms with Crippen molar-refractivity contribution in [1.82, 2.24) is 19.9 Å². The molecule has 3 aromatic carbocycles. The summed E-state index contributed by atoms with van der Waals surface area (Å²) < 4.78 is 15.1. The molecule has 0 fully saturated rings. The number of nitrogen functional groups attached to an aromatic ring is 1. The molecule has 0 saturated carbocycles. The van der Waals surface area contributed by atoms with E-state index in [4.69, 9.17) is 15.7 Å². The average Bonchev–Trinajstić information content (AvgIpc) is 3.10. The monoisotopic (exact) mass is 439 g/mol. The molecule has 6 nitrogen and oxygen atoms in total. The number of carbonyl (C=O) groups is 1. The van der Waals surface area contributed by atoms with E-state index in [0.29, 0.717) is 47.3 Å². The van der Waals surface area contributed by atoms with Crippen LogP contribution < -0.4 is 11.1 Å². The molecule has 0 aliphatic carbocycles. The number of carbonyl (C=O) groups excluding carboxylic acids is 1. The summed E-state index contributed by atoms with van der Waals surface area (Å²) in [6, 6.07) is 23.6. The third-order valence-electron chi connectivity index (χ3n) is 5.61. The lowest BCUT2D eigenvalue weighted by molar-refractivity contribution is 0.0956. The zero-order chi connectivity index (χ0) is 22.8. The topological polar surface area (TPSA) is 85.8 Å². The van der Waals surface area contributed by atoms with Crippen LogP contribution in [0.5, 0.6) is 0 Å². The maximum absolute atomic E-state index is 13.4. The fourth-order valence-corrected chi connectivity index (χ4v) is 3.93. The van der Waals surface area contributed by atoms with Gasteiger partial charge in [-0.1, -0.05) is 54.6 Å². The Morgan fingerprint density at radius 3 is 2.27 bits per heavy atom. The molecule has 33 heavy (non-hydrogen) atoms. The number of amides is 1. The standard InChI is InChI=1S/C26H22FN5O/c27-19-12-10-18(11-13-19)16-32-24(28)22(26(33)29-15-14-17-6-2-1-3-7-17)23-25(32)31-21-9-5-4-8-20(21)30-23/h1-13H,14-16,28H2,(H,29,33). The third kappa shape index (κ3) is 4.13. The van der Waals surface area contributed by atoms with Gasteiger partial charge < -0.3 is 15.6 Å². The lowest BCUT2D eigenvalue weighted by Crippen LogP contribution is -2.26. The molecule has 2 heterocycles. The Balaban J connectivity index is 1.53. The van der Waals surface area contributed by atoms with Gasteiger partial charge in [-0.2, -0.15) is 0 Å². The Morgan fingerprint density at radius 2 is 1.55 bits per heavy atom. The second-order valence-corrected chi connectivity index (χ2v) is 7.85. The van der Waals surface area contributed by atoms with E-state index in [2.05, 4.69) is 5.32 Å². The van der Waals surface area contributed by atoms with Gasteiger partial charge in [-0.3, -0.25) is 4.79 Å². The molecule has 0 aliphatic heterocycles. The summed E-state index contributed by atoms with van der Waals surface area (Å²) in [5.41, 5.74) is 11.1.